The summed E-state index contributed by atoms with van der Waals surface area (Å²) in [6, 6.07) is 5.70. The molecule has 0 unspecified atom stereocenters. The number of aromatic nitrogens is 5. The quantitative estimate of drug-likeness (QED) is 0.372. The second kappa shape index (κ2) is 9.45. The van der Waals surface area contributed by atoms with Crippen LogP contribution in [-0.4, -0.2) is 61.6 Å². The van der Waals surface area contributed by atoms with E-state index >= 15 is 0 Å². The fourth-order valence-electron chi connectivity index (χ4n) is 5.43. The summed E-state index contributed by atoms with van der Waals surface area (Å²) in [6.45, 7) is 10.0. The van der Waals surface area contributed by atoms with E-state index in [1.54, 1.807) is 12.1 Å². The number of fused-ring (bicyclic) bond motifs is 1. The van der Waals surface area contributed by atoms with E-state index in [-0.39, 0.29) is 6.04 Å². The summed E-state index contributed by atoms with van der Waals surface area (Å²) >= 11 is 0. The fourth-order valence-corrected chi connectivity index (χ4v) is 5.43. The third-order valence-electron chi connectivity index (χ3n) is 7.44. The van der Waals surface area contributed by atoms with Gasteiger partial charge in [-0.15, -0.1) is 0 Å². The average molecular weight is 504 g/mol. The SMILES string of the molecule is Cc1nc2c(F)cc(-c3cc(Cc4ncc(N5CCN(C6CC6)CC5)cn4)ncc3F)cc2n1C(C)C. The third-order valence-corrected chi connectivity index (χ3v) is 7.44. The van der Waals surface area contributed by atoms with Crippen molar-refractivity contribution in [1.29, 1.82) is 0 Å². The minimum absolute atomic E-state index is 0.0969. The molecule has 37 heavy (non-hydrogen) atoms. The predicted molar refractivity (Wildman–Crippen MR) is 140 cm³/mol. The van der Waals surface area contributed by atoms with Gasteiger partial charge in [0.05, 0.1) is 36.2 Å². The van der Waals surface area contributed by atoms with Gasteiger partial charge in [0, 0.05) is 49.5 Å². The van der Waals surface area contributed by atoms with Gasteiger partial charge in [-0.05, 0) is 57.4 Å². The summed E-state index contributed by atoms with van der Waals surface area (Å²) in [4.78, 5) is 22.6. The Hall–Kier alpha value is -3.46. The normalized spacial score (nSPS) is 16.8. The van der Waals surface area contributed by atoms with E-state index in [2.05, 4.69) is 29.7 Å². The molecule has 1 aromatic carbocycles. The molecule has 1 saturated heterocycles. The number of piperazine rings is 1. The molecule has 1 saturated carbocycles. The Kier molecular flexibility index (Phi) is 6.10. The monoisotopic (exact) mass is 503 g/mol. The summed E-state index contributed by atoms with van der Waals surface area (Å²) in [7, 11) is 0. The molecule has 0 bridgehead atoms. The first-order chi connectivity index (χ1) is 17.9. The van der Waals surface area contributed by atoms with Gasteiger partial charge < -0.3 is 9.47 Å². The summed E-state index contributed by atoms with van der Waals surface area (Å²) in [5.74, 6) is 0.365. The molecule has 9 heteroatoms. The van der Waals surface area contributed by atoms with E-state index in [1.807, 2.05) is 37.7 Å². The van der Waals surface area contributed by atoms with Crippen LogP contribution in [0, 0.1) is 18.6 Å². The van der Waals surface area contributed by atoms with Crippen molar-refractivity contribution in [2.75, 3.05) is 31.1 Å². The minimum atomic E-state index is -0.503. The number of rotatable bonds is 6. The predicted octanol–water partition coefficient (Wildman–Crippen LogP) is 4.93. The topological polar surface area (TPSA) is 63.0 Å². The van der Waals surface area contributed by atoms with Crippen LogP contribution in [-0.2, 0) is 6.42 Å². The second-order valence-corrected chi connectivity index (χ2v) is 10.4. The van der Waals surface area contributed by atoms with Crippen molar-refractivity contribution in [3.05, 3.63) is 65.8 Å². The van der Waals surface area contributed by atoms with Crippen LogP contribution in [0.2, 0.25) is 0 Å². The Morgan fingerprint density at radius 3 is 2.32 bits per heavy atom. The maximum absolute atomic E-state index is 15.0. The standard InChI is InChI=1S/C28H31F2N7/c1-17(2)37-18(3)34-28-24(29)10-19(11-26(28)37)23-12-20(31-16-25(23)30)13-27-32-14-22(15-33-27)36-8-6-35(7-9-36)21-4-5-21/h10-12,14-17,21H,4-9,13H2,1-3H3. The van der Waals surface area contributed by atoms with E-state index < -0.39 is 11.6 Å². The van der Waals surface area contributed by atoms with E-state index in [4.69, 9.17) is 0 Å². The summed E-state index contributed by atoms with van der Waals surface area (Å²) in [5.41, 5.74) is 3.34. The van der Waals surface area contributed by atoms with Gasteiger partial charge in [0.2, 0.25) is 0 Å². The molecule has 0 radical (unpaired) electrons. The maximum atomic E-state index is 15.0. The molecule has 4 aromatic rings. The van der Waals surface area contributed by atoms with Gasteiger partial charge in [0.15, 0.2) is 5.82 Å². The number of benzene rings is 1. The fraction of sp³-hybridized carbons (Fsp3) is 0.429. The van der Waals surface area contributed by atoms with E-state index in [1.165, 1.54) is 25.1 Å². The number of pyridine rings is 1. The second-order valence-electron chi connectivity index (χ2n) is 10.4. The van der Waals surface area contributed by atoms with E-state index in [0.717, 1.165) is 43.7 Å². The van der Waals surface area contributed by atoms with Crippen molar-refractivity contribution in [3.63, 3.8) is 0 Å². The van der Waals surface area contributed by atoms with E-state index in [9.17, 15) is 8.78 Å². The first-order valence-electron chi connectivity index (χ1n) is 13.0. The molecule has 0 N–H and O–H groups in total. The minimum Gasteiger partial charge on any atom is -0.366 e. The molecule has 3 aromatic heterocycles. The van der Waals surface area contributed by atoms with Crippen LogP contribution in [0.3, 0.4) is 0 Å². The Balaban J connectivity index is 1.22. The van der Waals surface area contributed by atoms with Gasteiger partial charge >= 0.3 is 0 Å². The largest absolute Gasteiger partial charge is 0.366 e. The molecule has 6 rings (SSSR count). The van der Waals surface area contributed by atoms with Crippen molar-refractivity contribution < 1.29 is 8.78 Å². The molecular formula is C28H31F2N7. The molecule has 2 fully saturated rings. The molecule has 4 heterocycles. The highest BCUT2D eigenvalue weighted by Gasteiger charge is 2.31. The maximum Gasteiger partial charge on any atom is 0.151 e. The van der Waals surface area contributed by atoms with Crippen molar-refractivity contribution >= 4 is 16.7 Å². The number of imidazole rings is 1. The van der Waals surface area contributed by atoms with Crippen molar-refractivity contribution in [2.24, 2.45) is 0 Å². The number of hydrogen-bond acceptors (Lipinski definition) is 6. The highest BCUT2D eigenvalue weighted by molar-refractivity contribution is 5.83. The van der Waals surface area contributed by atoms with Gasteiger partial charge in [-0.2, -0.15) is 0 Å². The van der Waals surface area contributed by atoms with Gasteiger partial charge in [-0.25, -0.2) is 23.7 Å². The van der Waals surface area contributed by atoms with Gasteiger partial charge in [0.25, 0.3) is 0 Å². The van der Waals surface area contributed by atoms with Crippen molar-refractivity contribution in [3.8, 4) is 11.1 Å². The number of anilines is 1. The van der Waals surface area contributed by atoms with Crippen LogP contribution < -0.4 is 4.90 Å². The van der Waals surface area contributed by atoms with Crippen LogP contribution in [0.4, 0.5) is 14.5 Å². The Morgan fingerprint density at radius 2 is 1.65 bits per heavy atom. The van der Waals surface area contributed by atoms with Gasteiger partial charge in [0.1, 0.15) is 23.0 Å². The number of hydrogen-bond donors (Lipinski definition) is 0. The zero-order valence-corrected chi connectivity index (χ0v) is 21.5. The first-order valence-corrected chi connectivity index (χ1v) is 13.0. The van der Waals surface area contributed by atoms with Gasteiger partial charge in [-0.3, -0.25) is 9.88 Å². The zero-order chi connectivity index (χ0) is 25.7. The summed E-state index contributed by atoms with van der Waals surface area (Å²) in [6.07, 6.45) is 7.93. The Bertz CT molecular complexity index is 1440. The molecule has 2 aliphatic rings. The van der Waals surface area contributed by atoms with Crippen LogP contribution in [0.1, 0.15) is 50.1 Å². The Labute approximate surface area is 215 Å². The van der Waals surface area contributed by atoms with Crippen molar-refractivity contribution in [1.82, 2.24) is 29.4 Å². The molecule has 0 atom stereocenters. The molecular weight excluding hydrogens is 472 g/mol. The molecule has 0 spiro atoms. The zero-order valence-electron chi connectivity index (χ0n) is 21.5. The molecule has 1 aliphatic carbocycles. The lowest BCUT2D eigenvalue weighted by Gasteiger charge is -2.35. The summed E-state index contributed by atoms with van der Waals surface area (Å²) < 4.78 is 31.8. The van der Waals surface area contributed by atoms with Crippen molar-refractivity contribution in [2.45, 2.75) is 52.1 Å². The Morgan fingerprint density at radius 1 is 0.919 bits per heavy atom. The lowest BCUT2D eigenvalue weighted by molar-refractivity contribution is 0.248. The van der Waals surface area contributed by atoms with Crippen LogP contribution in [0.15, 0.2) is 36.8 Å². The molecule has 0 amide bonds. The number of halogens is 2. The molecule has 192 valence electrons. The molecule has 1 aliphatic heterocycles. The van der Waals surface area contributed by atoms with Crippen LogP contribution >= 0.6 is 0 Å². The first kappa shape index (κ1) is 23.9. The third kappa shape index (κ3) is 4.68. The summed E-state index contributed by atoms with van der Waals surface area (Å²) in [5, 5.41) is 0. The highest BCUT2D eigenvalue weighted by Crippen LogP contribution is 2.31. The number of nitrogens with zero attached hydrogens (tertiary/aromatic N) is 7. The van der Waals surface area contributed by atoms with Crippen LogP contribution in [0.25, 0.3) is 22.2 Å². The highest BCUT2D eigenvalue weighted by atomic mass is 19.1. The van der Waals surface area contributed by atoms with Gasteiger partial charge in [-0.1, -0.05) is 0 Å². The lowest BCUT2D eigenvalue weighted by Crippen LogP contribution is -2.47. The van der Waals surface area contributed by atoms with E-state index in [0.29, 0.717) is 40.1 Å². The smallest absolute Gasteiger partial charge is 0.151 e. The number of aryl methyl sites for hydroxylation is 1. The molecule has 7 nitrogen and oxygen atoms in total. The van der Waals surface area contributed by atoms with Crippen LogP contribution in [0.5, 0.6) is 0 Å². The lowest BCUT2D eigenvalue weighted by atomic mass is 10.0. The average Bonchev–Trinajstić information content (AvgIpc) is 3.68.